The van der Waals surface area contributed by atoms with Gasteiger partial charge in [-0.15, -0.1) is 0 Å². The molecule has 2 aromatic rings. The Kier molecular flexibility index (Phi) is 7.12. The average molecular weight is 452 g/mol. The topological polar surface area (TPSA) is 90.9 Å². The summed E-state index contributed by atoms with van der Waals surface area (Å²) in [5.74, 6) is -0.334. The van der Waals surface area contributed by atoms with Crippen molar-refractivity contribution in [3.05, 3.63) is 70.8 Å². The summed E-state index contributed by atoms with van der Waals surface area (Å²) in [5, 5.41) is 16.5. The van der Waals surface area contributed by atoms with Crippen molar-refractivity contribution in [1.82, 2.24) is 15.5 Å². The highest BCUT2D eigenvalue weighted by molar-refractivity contribution is 5.98. The molecule has 4 rings (SSSR count). The highest BCUT2D eigenvalue weighted by Gasteiger charge is 2.34. The van der Waals surface area contributed by atoms with Gasteiger partial charge in [0.05, 0.1) is 24.9 Å². The number of ether oxygens (including phenoxy) is 1. The molecular formula is C26H33N3O4. The van der Waals surface area contributed by atoms with Gasteiger partial charge in [-0.1, -0.05) is 24.3 Å². The number of aliphatic hydroxyl groups is 1. The number of nitrogens with one attached hydrogen (secondary N) is 2. The van der Waals surface area contributed by atoms with Crippen LogP contribution in [0.2, 0.25) is 0 Å². The van der Waals surface area contributed by atoms with Crippen LogP contribution in [0.15, 0.2) is 48.5 Å². The van der Waals surface area contributed by atoms with Gasteiger partial charge in [0, 0.05) is 36.8 Å². The van der Waals surface area contributed by atoms with Gasteiger partial charge in [0.2, 0.25) is 0 Å². The van der Waals surface area contributed by atoms with Gasteiger partial charge in [0.25, 0.3) is 11.8 Å². The zero-order valence-electron chi connectivity index (χ0n) is 19.3. The Morgan fingerprint density at radius 2 is 1.70 bits per heavy atom. The summed E-state index contributed by atoms with van der Waals surface area (Å²) in [7, 11) is 0. The summed E-state index contributed by atoms with van der Waals surface area (Å²) in [6, 6.07) is 15.4. The number of nitrogens with zero attached hydrogens (tertiary/aromatic N) is 1. The lowest BCUT2D eigenvalue weighted by molar-refractivity contribution is -0.0370. The zero-order valence-corrected chi connectivity index (χ0v) is 19.3. The van der Waals surface area contributed by atoms with Crippen LogP contribution in [-0.2, 0) is 17.6 Å². The van der Waals surface area contributed by atoms with Crippen LogP contribution in [0.4, 0.5) is 0 Å². The minimum Gasteiger partial charge on any atom is -0.390 e. The molecule has 1 fully saturated rings. The average Bonchev–Trinajstić information content (AvgIpc) is 3.24. The van der Waals surface area contributed by atoms with Crippen molar-refractivity contribution in [3.8, 4) is 0 Å². The number of aliphatic hydroxyl groups excluding tert-OH is 1. The van der Waals surface area contributed by atoms with Crippen LogP contribution in [-0.4, -0.2) is 72.4 Å². The number of rotatable bonds is 7. The maximum absolute atomic E-state index is 12.9. The molecule has 0 aromatic heterocycles. The largest absolute Gasteiger partial charge is 0.390 e. The Hall–Kier alpha value is -2.74. The van der Waals surface area contributed by atoms with Crippen LogP contribution in [0.1, 0.15) is 45.7 Å². The molecule has 1 atom stereocenters. The maximum atomic E-state index is 12.9. The Morgan fingerprint density at radius 3 is 2.33 bits per heavy atom. The van der Waals surface area contributed by atoms with E-state index in [1.165, 1.54) is 11.1 Å². The molecule has 1 heterocycles. The van der Waals surface area contributed by atoms with Crippen molar-refractivity contribution in [3.63, 3.8) is 0 Å². The normalized spacial score (nSPS) is 18.6. The van der Waals surface area contributed by atoms with Crippen molar-refractivity contribution < 1.29 is 19.4 Å². The molecule has 33 heavy (non-hydrogen) atoms. The SMILES string of the molecule is CC1(C)COCCN1C(=O)c1ccc(C(=O)NCC(O)CNC2Cc3ccccc3C2)cc1. The molecule has 1 saturated heterocycles. The van der Waals surface area contributed by atoms with Gasteiger partial charge in [0.1, 0.15) is 0 Å². The van der Waals surface area contributed by atoms with Crippen LogP contribution in [0.5, 0.6) is 0 Å². The van der Waals surface area contributed by atoms with E-state index in [2.05, 4.69) is 34.9 Å². The predicted octanol–water partition coefficient (Wildman–Crippen LogP) is 1.79. The molecule has 0 radical (unpaired) electrons. The second-order valence-electron chi connectivity index (χ2n) is 9.55. The summed E-state index contributed by atoms with van der Waals surface area (Å²) in [4.78, 5) is 27.2. The molecule has 2 amide bonds. The first-order valence-electron chi connectivity index (χ1n) is 11.6. The summed E-state index contributed by atoms with van der Waals surface area (Å²) in [6.07, 6.45) is 1.24. The fraction of sp³-hybridized carbons (Fsp3) is 0.462. The minimum atomic E-state index is -0.679. The number of amides is 2. The number of fused-ring (bicyclic) bond motifs is 1. The third kappa shape index (κ3) is 5.61. The van der Waals surface area contributed by atoms with E-state index in [1.54, 1.807) is 24.3 Å². The van der Waals surface area contributed by atoms with Gasteiger partial charge in [-0.3, -0.25) is 9.59 Å². The van der Waals surface area contributed by atoms with E-state index in [0.717, 1.165) is 12.8 Å². The first-order chi connectivity index (χ1) is 15.8. The molecule has 0 bridgehead atoms. The number of morpholine rings is 1. The fourth-order valence-electron chi connectivity index (χ4n) is 4.55. The third-order valence-electron chi connectivity index (χ3n) is 6.48. The highest BCUT2D eigenvalue weighted by Crippen LogP contribution is 2.22. The molecule has 3 N–H and O–H groups in total. The summed E-state index contributed by atoms with van der Waals surface area (Å²) in [6.45, 7) is 6.13. The van der Waals surface area contributed by atoms with Gasteiger partial charge in [0.15, 0.2) is 0 Å². The van der Waals surface area contributed by atoms with Gasteiger partial charge < -0.3 is 25.4 Å². The Labute approximate surface area is 195 Å². The summed E-state index contributed by atoms with van der Waals surface area (Å²) >= 11 is 0. The lowest BCUT2D eigenvalue weighted by Gasteiger charge is -2.42. The maximum Gasteiger partial charge on any atom is 0.254 e. The first kappa shape index (κ1) is 23.4. The van der Waals surface area contributed by atoms with E-state index in [9.17, 15) is 14.7 Å². The molecule has 2 aliphatic rings. The number of carbonyl (C=O) groups excluding carboxylic acids is 2. The number of hydrogen-bond donors (Lipinski definition) is 3. The second-order valence-corrected chi connectivity index (χ2v) is 9.55. The van der Waals surface area contributed by atoms with Crippen molar-refractivity contribution in [2.45, 2.75) is 44.4 Å². The van der Waals surface area contributed by atoms with E-state index < -0.39 is 6.10 Å². The molecule has 1 unspecified atom stereocenters. The minimum absolute atomic E-state index is 0.0641. The van der Waals surface area contributed by atoms with Gasteiger partial charge in [-0.05, 0) is 62.1 Å². The highest BCUT2D eigenvalue weighted by atomic mass is 16.5. The van der Waals surface area contributed by atoms with Crippen molar-refractivity contribution >= 4 is 11.8 Å². The third-order valence-corrected chi connectivity index (χ3v) is 6.48. The standard InChI is InChI=1S/C26H33N3O4/c1-26(2)17-33-12-11-29(26)25(32)19-9-7-18(8-10-19)24(31)28-16-23(30)15-27-22-13-20-5-3-4-6-21(20)14-22/h3-10,22-23,27,30H,11-17H2,1-2H3,(H,28,31). The van der Waals surface area contributed by atoms with E-state index >= 15 is 0 Å². The smallest absolute Gasteiger partial charge is 0.254 e. The number of benzene rings is 2. The molecule has 1 aliphatic carbocycles. The number of hydrogen-bond acceptors (Lipinski definition) is 5. The van der Waals surface area contributed by atoms with E-state index in [0.29, 0.717) is 43.5 Å². The molecule has 1 aliphatic heterocycles. The van der Waals surface area contributed by atoms with E-state index in [-0.39, 0.29) is 23.9 Å². The molecule has 176 valence electrons. The van der Waals surface area contributed by atoms with Gasteiger partial charge >= 0.3 is 0 Å². The molecular weight excluding hydrogens is 418 g/mol. The second kappa shape index (κ2) is 10.0. The van der Waals surface area contributed by atoms with E-state index in [4.69, 9.17) is 4.74 Å². The summed E-state index contributed by atoms with van der Waals surface area (Å²) in [5.41, 5.74) is 3.35. The Bertz CT molecular complexity index is 964. The monoisotopic (exact) mass is 451 g/mol. The fourth-order valence-corrected chi connectivity index (χ4v) is 4.55. The van der Waals surface area contributed by atoms with Crippen molar-refractivity contribution in [1.29, 1.82) is 0 Å². The Balaban J connectivity index is 1.23. The van der Waals surface area contributed by atoms with Crippen molar-refractivity contribution in [2.75, 3.05) is 32.8 Å². The molecule has 2 aromatic carbocycles. The first-order valence-corrected chi connectivity index (χ1v) is 11.6. The number of carbonyl (C=O) groups is 2. The van der Waals surface area contributed by atoms with E-state index in [1.807, 2.05) is 18.7 Å². The Morgan fingerprint density at radius 1 is 1.06 bits per heavy atom. The van der Waals surface area contributed by atoms with Gasteiger partial charge in [-0.2, -0.15) is 0 Å². The lowest BCUT2D eigenvalue weighted by Crippen LogP contribution is -2.55. The lowest BCUT2D eigenvalue weighted by atomic mass is 10.0. The predicted molar refractivity (Wildman–Crippen MR) is 126 cm³/mol. The van der Waals surface area contributed by atoms with Crippen molar-refractivity contribution in [2.24, 2.45) is 0 Å². The van der Waals surface area contributed by atoms with Crippen LogP contribution < -0.4 is 10.6 Å². The zero-order chi connectivity index (χ0) is 23.4. The molecule has 7 heteroatoms. The van der Waals surface area contributed by atoms with Crippen LogP contribution in [0.3, 0.4) is 0 Å². The quantitative estimate of drug-likeness (QED) is 0.597. The van der Waals surface area contributed by atoms with Crippen LogP contribution in [0.25, 0.3) is 0 Å². The van der Waals surface area contributed by atoms with Gasteiger partial charge in [-0.25, -0.2) is 0 Å². The van der Waals surface area contributed by atoms with Crippen LogP contribution >= 0.6 is 0 Å². The molecule has 0 spiro atoms. The van der Waals surface area contributed by atoms with Crippen LogP contribution in [0, 0.1) is 0 Å². The summed E-state index contributed by atoms with van der Waals surface area (Å²) < 4.78 is 5.49. The molecule has 7 nitrogen and oxygen atoms in total. The molecule has 0 saturated carbocycles.